The van der Waals surface area contributed by atoms with Crippen LogP contribution in [-0.2, 0) is 4.79 Å². The van der Waals surface area contributed by atoms with Crippen LogP contribution < -0.4 is 0 Å². The molecule has 0 aliphatic heterocycles. The molecular weight excluding hydrogens is 290 g/mol. The minimum absolute atomic E-state index is 0.0453. The van der Waals surface area contributed by atoms with Gasteiger partial charge in [-0.25, -0.2) is 0 Å². The number of amides is 1. The predicted octanol–water partition coefficient (Wildman–Crippen LogP) is 3.42. The Hall–Kier alpha value is -0.830. The monoisotopic (exact) mass is 309 g/mol. The Morgan fingerprint density at radius 1 is 1.39 bits per heavy atom. The second-order valence-corrected chi connectivity index (χ2v) is 6.58. The fourth-order valence-electron chi connectivity index (χ4n) is 2.50. The molecule has 1 aromatic rings. The van der Waals surface area contributed by atoms with Crippen molar-refractivity contribution in [1.29, 1.82) is 0 Å². The van der Waals surface area contributed by atoms with Gasteiger partial charge in [-0.3, -0.25) is 4.79 Å². The summed E-state index contributed by atoms with van der Waals surface area (Å²) in [5.41, 5.74) is 1.10. The van der Waals surface area contributed by atoms with Gasteiger partial charge in [0.25, 0.3) is 0 Å². The fourth-order valence-corrected chi connectivity index (χ4v) is 3.55. The summed E-state index contributed by atoms with van der Waals surface area (Å²) in [5, 5.41) is 0. The lowest BCUT2D eigenvalue weighted by Crippen LogP contribution is -2.39. The summed E-state index contributed by atoms with van der Waals surface area (Å²) < 4.78 is 0. The van der Waals surface area contributed by atoms with Crippen molar-refractivity contribution >= 4 is 21.8 Å². The van der Waals surface area contributed by atoms with E-state index in [4.69, 9.17) is 0 Å². The molecule has 0 N–H and O–H groups in total. The van der Waals surface area contributed by atoms with Gasteiger partial charge in [-0.2, -0.15) is 0 Å². The molecule has 0 bridgehead atoms. The summed E-state index contributed by atoms with van der Waals surface area (Å²) >= 11 is 3.59. The molecule has 1 amide bonds. The Bertz CT molecular complexity index is 400. The molecule has 3 heteroatoms. The van der Waals surface area contributed by atoms with Gasteiger partial charge in [0.05, 0.1) is 5.92 Å². The van der Waals surface area contributed by atoms with Crippen molar-refractivity contribution in [2.45, 2.75) is 30.5 Å². The van der Waals surface area contributed by atoms with Crippen LogP contribution in [0.15, 0.2) is 30.3 Å². The number of rotatable bonds is 4. The number of hydrogen-bond acceptors (Lipinski definition) is 1. The molecule has 0 heterocycles. The summed E-state index contributed by atoms with van der Waals surface area (Å²) in [6, 6.07) is 10.00. The van der Waals surface area contributed by atoms with Gasteiger partial charge in [0.15, 0.2) is 0 Å². The van der Waals surface area contributed by atoms with Crippen LogP contribution in [-0.4, -0.2) is 29.2 Å². The Labute approximate surface area is 117 Å². The van der Waals surface area contributed by atoms with Gasteiger partial charge in [-0.05, 0) is 31.2 Å². The van der Waals surface area contributed by atoms with E-state index in [9.17, 15) is 4.79 Å². The molecule has 1 saturated carbocycles. The molecule has 0 spiro atoms. The average molecular weight is 310 g/mol. The van der Waals surface area contributed by atoms with Crippen molar-refractivity contribution in [2.24, 2.45) is 5.92 Å². The standard InChI is InChI=1S/C15H20BrNO/c1-11(13-6-4-3-5-7-13)15(18)17(2)10-12-8-14(16)9-12/h3-7,11-12,14H,8-10H2,1-2H3. The zero-order valence-electron chi connectivity index (χ0n) is 11.0. The first-order valence-electron chi connectivity index (χ1n) is 6.52. The maximum absolute atomic E-state index is 12.3. The normalized spacial score (nSPS) is 24.2. The highest BCUT2D eigenvalue weighted by molar-refractivity contribution is 9.09. The number of nitrogens with zero attached hydrogens (tertiary/aromatic N) is 1. The van der Waals surface area contributed by atoms with Crippen LogP contribution in [0, 0.1) is 5.92 Å². The molecule has 18 heavy (non-hydrogen) atoms. The van der Waals surface area contributed by atoms with E-state index in [0.717, 1.165) is 12.1 Å². The van der Waals surface area contributed by atoms with Gasteiger partial charge in [0, 0.05) is 18.4 Å². The van der Waals surface area contributed by atoms with Gasteiger partial charge in [-0.15, -0.1) is 0 Å². The van der Waals surface area contributed by atoms with Crippen LogP contribution in [0.3, 0.4) is 0 Å². The molecule has 1 atom stereocenters. The summed E-state index contributed by atoms with van der Waals surface area (Å²) in [4.78, 5) is 14.9. The molecule has 1 aromatic carbocycles. The van der Waals surface area contributed by atoms with Crippen molar-refractivity contribution in [3.63, 3.8) is 0 Å². The third-order valence-corrected chi connectivity index (χ3v) is 4.50. The molecule has 0 aromatic heterocycles. The second-order valence-electron chi connectivity index (χ2n) is 5.29. The lowest BCUT2D eigenvalue weighted by atomic mass is 9.84. The van der Waals surface area contributed by atoms with E-state index in [1.807, 2.05) is 49.2 Å². The number of halogens is 1. The van der Waals surface area contributed by atoms with E-state index in [-0.39, 0.29) is 11.8 Å². The van der Waals surface area contributed by atoms with Gasteiger partial charge >= 0.3 is 0 Å². The van der Waals surface area contributed by atoms with Crippen molar-refractivity contribution in [1.82, 2.24) is 4.90 Å². The number of likely N-dealkylation sites (N-methyl/N-ethyl adjacent to an activating group) is 1. The first-order valence-corrected chi connectivity index (χ1v) is 7.43. The maximum Gasteiger partial charge on any atom is 0.229 e. The lowest BCUT2D eigenvalue weighted by molar-refractivity contribution is -0.132. The topological polar surface area (TPSA) is 20.3 Å². The van der Waals surface area contributed by atoms with Gasteiger partial charge in [0.1, 0.15) is 0 Å². The smallest absolute Gasteiger partial charge is 0.229 e. The minimum atomic E-state index is -0.0453. The summed E-state index contributed by atoms with van der Waals surface area (Å²) in [5.74, 6) is 0.849. The minimum Gasteiger partial charge on any atom is -0.345 e. The highest BCUT2D eigenvalue weighted by atomic mass is 79.9. The highest BCUT2D eigenvalue weighted by Crippen LogP contribution is 2.34. The van der Waals surface area contributed by atoms with E-state index in [1.165, 1.54) is 12.8 Å². The Kier molecular flexibility index (Phi) is 4.44. The Balaban J connectivity index is 1.90. The number of carbonyl (C=O) groups is 1. The van der Waals surface area contributed by atoms with Crippen molar-refractivity contribution in [3.05, 3.63) is 35.9 Å². The summed E-state index contributed by atoms with van der Waals surface area (Å²) in [7, 11) is 1.92. The molecule has 1 unspecified atom stereocenters. The fraction of sp³-hybridized carbons (Fsp3) is 0.533. The van der Waals surface area contributed by atoms with Crippen LogP contribution in [0.2, 0.25) is 0 Å². The SMILES string of the molecule is CC(C(=O)N(C)CC1CC(Br)C1)c1ccccc1. The van der Waals surface area contributed by atoms with E-state index < -0.39 is 0 Å². The van der Waals surface area contributed by atoms with Crippen LogP contribution >= 0.6 is 15.9 Å². The molecule has 2 nitrogen and oxygen atoms in total. The quantitative estimate of drug-likeness (QED) is 0.780. The molecule has 0 saturated heterocycles. The molecule has 2 rings (SSSR count). The lowest BCUT2D eigenvalue weighted by Gasteiger charge is -2.35. The number of alkyl halides is 1. The molecule has 98 valence electrons. The molecule has 1 aliphatic rings. The van der Waals surface area contributed by atoms with Crippen LogP contribution in [0.4, 0.5) is 0 Å². The third-order valence-electron chi connectivity index (χ3n) is 3.76. The Morgan fingerprint density at radius 3 is 2.56 bits per heavy atom. The van der Waals surface area contributed by atoms with E-state index in [0.29, 0.717) is 10.7 Å². The largest absolute Gasteiger partial charge is 0.345 e. The highest BCUT2D eigenvalue weighted by Gasteiger charge is 2.29. The van der Waals surface area contributed by atoms with Crippen molar-refractivity contribution < 1.29 is 4.79 Å². The third kappa shape index (κ3) is 3.14. The number of benzene rings is 1. The van der Waals surface area contributed by atoms with Gasteiger partial charge in [0.2, 0.25) is 5.91 Å². The molecule has 1 aliphatic carbocycles. The second kappa shape index (κ2) is 5.87. The summed E-state index contributed by atoms with van der Waals surface area (Å²) in [6.07, 6.45) is 2.38. The van der Waals surface area contributed by atoms with E-state index in [1.54, 1.807) is 0 Å². The zero-order valence-corrected chi connectivity index (χ0v) is 12.6. The average Bonchev–Trinajstić information content (AvgIpc) is 2.36. The first-order chi connectivity index (χ1) is 8.58. The maximum atomic E-state index is 12.3. The van der Waals surface area contributed by atoms with Crippen molar-refractivity contribution in [2.75, 3.05) is 13.6 Å². The molecule has 0 radical (unpaired) electrons. The molecular formula is C15H20BrNO. The van der Waals surface area contributed by atoms with Crippen molar-refractivity contribution in [3.8, 4) is 0 Å². The van der Waals surface area contributed by atoms with Crippen LogP contribution in [0.5, 0.6) is 0 Å². The van der Waals surface area contributed by atoms with Crippen LogP contribution in [0.1, 0.15) is 31.2 Å². The van der Waals surface area contributed by atoms with E-state index >= 15 is 0 Å². The number of hydrogen-bond donors (Lipinski definition) is 0. The van der Waals surface area contributed by atoms with E-state index in [2.05, 4.69) is 15.9 Å². The summed E-state index contributed by atoms with van der Waals surface area (Å²) in [6.45, 7) is 2.88. The number of carbonyl (C=O) groups excluding carboxylic acids is 1. The first kappa shape index (κ1) is 13.6. The van der Waals surface area contributed by atoms with Gasteiger partial charge in [-0.1, -0.05) is 46.3 Å². The molecule has 1 fully saturated rings. The van der Waals surface area contributed by atoms with Crippen LogP contribution in [0.25, 0.3) is 0 Å². The predicted molar refractivity (Wildman–Crippen MR) is 77.9 cm³/mol. The van der Waals surface area contributed by atoms with Gasteiger partial charge < -0.3 is 4.90 Å². The zero-order chi connectivity index (χ0) is 13.1. The Morgan fingerprint density at radius 2 is 2.00 bits per heavy atom.